The second-order valence-corrected chi connectivity index (χ2v) is 4.45. The molecule has 0 radical (unpaired) electrons. The average Bonchev–Trinajstić information content (AvgIpc) is 2.43. The number of hydrogen-bond acceptors (Lipinski definition) is 4. The summed E-state index contributed by atoms with van der Waals surface area (Å²) in [5.41, 5.74) is 8.37. The Morgan fingerprint density at radius 3 is 2.95 bits per heavy atom. The molecule has 3 N–H and O–H groups in total. The molecule has 0 aliphatic rings. The van der Waals surface area contributed by atoms with Gasteiger partial charge in [-0.15, -0.1) is 0 Å². The molecule has 0 aliphatic heterocycles. The Morgan fingerprint density at radius 2 is 2.21 bits per heavy atom. The van der Waals surface area contributed by atoms with Crippen molar-refractivity contribution in [3.63, 3.8) is 0 Å². The lowest BCUT2D eigenvalue weighted by atomic mass is 10.1. The fourth-order valence-electron chi connectivity index (χ4n) is 2.00. The maximum Gasteiger partial charge on any atom is 0.221 e. The number of nitrogens with two attached hydrogens (primary N) is 1. The number of nitrogens with one attached hydrogen (secondary N) is 1. The van der Waals surface area contributed by atoms with E-state index in [1.807, 2.05) is 31.3 Å². The van der Waals surface area contributed by atoms with E-state index in [1.54, 1.807) is 13.2 Å². The van der Waals surface area contributed by atoms with Gasteiger partial charge in [-0.1, -0.05) is 0 Å². The normalized spacial score (nSPS) is 10.4. The number of benzene rings is 1. The number of nitrogens with zero attached hydrogens (tertiary/aromatic N) is 2. The van der Waals surface area contributed by atoms with Crippen LogP contribution >= 0.6 is 0 Å². The standard InChI is InChI=1S/C14H18N4O/c1-16-14(19)6-8-18(2)13-5-7-17-12-9-10(15)3-4-11(12)13/h3-5,7,9H,6,8,15H2,1-2H3,(H,16,19). The molecule has 0 saturated heterocycles. The number of pyridine rings is 1. The molecule has 0 bridgehead atoms. The zero-order valence-electron chi connectivity index (χ0n) is 11.2. The van der Waals surface area contributed by atoms with E-state index in [-0.39, 0.29) is 5.91 Å². The Bertz CT molecular complexity index is 597. The number of carbonyl (C=O) groups excluding carboxylic acids is 1. The average molecular weight is 258 g/mol. The van der Waals surface area contributed by atoms with Crippen LogP contribution in [0.2, 0.25) is 0 Å². The van der Waals surface area contributed by atoms with Gasteiger partial charge in [-0.2, -0.15) is 0 Å². The summed E-state index contributed by atoms with van der Waals surface area (Å²) < 4.78 is 0. The summed E-state index contributed by atoms with van der Waals surface area (Å²) in [6.45, 7) is 0.656. The third-order valence-electron chi connectivity index (χ3n) is 3.11. The second kappa shape index (κ2) is 5.56. The van der Waals surface area contributed by atoms with E-state index in [9.17, 15) is 4.79 Å². The Kier molecular flexibility index (Phi) is 3.85. The summed E-state index contributed by atoms with van der Waals surface area (Å²) in [4.78, 5) is 17.7. The third-order valence-corrected chi connectivity index (χ3v) is 3.11. The lowest BCUT2D eigenvalue weighted by molar-refractivity contribution is -0.120. The van der Waals surface area contributed by atoms with E-state index in [2.05, 4.69) is 15.2 Å². The molecule has 0 aliphatic carbocycles. The van der Waals surface area contributed by atoms with Crippen LogP contribution in [0.4, 0.5) is 11.4 Å². The molecular weight excluding hydrogens is 240 g/mol. The van der Waals surface area contributed by atoms with Gasteiger partial charge in [-0.25, -0.2) is 0 Å². The predicted molar refractivity (Wildman–Crippen MR) is 78.1 cm³/mol. The zero-order chi connectivity index (χ0) is 13.8. The van der Waals surface area contributed by atoms with Crippen LogP contribution in [0.1, 0.15) is 6.42 Å². The van der Waals surface area contributed by atoms with Crippen molar-refractivity contribution in [1.29, 1.82) is 0 Å². The zero-order valence-corrected chi connectivity index (χ0v) is 11.2. The highest BCUT2D eigenvalue weighted by Crippen LogP contribution is 2.25. The Labute approximate surface area is 112 Å². The number of fused-ring (bicyclic) bond motifs is 1. The highest BCUT2D eigenvalue weighted by molar-refractivity contribution is 5.93. The van der Waals surface area contributed by atoms with Crippen molar-refractivity contribution in [1.82, 2.24) is 10.3 Å². The largest absolute Gasteiger partial charge is 0.399 e. The van der Waals surface area contributed by atoms with Crippen LogP contribution < -0.4 is 16.0 Å². The first-order valence-corrected chi connectivity index (χ1v) is 6.18. The fourth-order valence-corrected chi connectivity index (χ4v) is 2.00. The lowest BCUT2D eigenvalue weighted by Gasteiger charge is -2.20. The Morgan fingerprint density at radius 1 is 1.42 bits per heavy atom. The molecule has 0 saturated carbocycles. The minimum absolute atomic E-state index is 0.0365. The molecule has 2 rings (SSSR count). The van der Waals surface area contributed by atoms with Gasteiger partial charge in [0, 0.05) is 50.0 Å². The van der Waals surface area contributed by atoms with Crippen LogP contribution in [0, 0.1) is 0 Å². The highest BCUT2D eigenvalue weighted by atomic mass is 16.1. The molecule has 2 aromatic rings. The molecule has 5 nitrogen and oxygen atoms in total. The van der Waals surface area contributed by atoms with Gasteiger partial charge in [-0.3, -0.25) is 9.78 Å². The van der Waals surface area contributed by atoms with Crippen LogP contribution in [0.15, 0.2) is 30.5 Å². The van der Waals surface area contributed by atoms with E-state index in [1.165, 1.54) is 0 Å². The van der Waals surface area contributed by atoms with Crippen molar-refractivity contribution in [3.05, 3.63) is 30.5 Å². The maximum atomic E-state index is 11.3. The van der Waals surface area contributed by atoms with E-state index < -0.39 is 0 Å². The molecule has 0 fully saturated rings. The van der Waals surface area contributed by atoms with E-state index in [4.69, 9.17) is 5.73 Å². The van der Waals surface area contributed by atoms with Gasteiger partial charge in [-0.05, 0) is 24.3 Å². The second-order valence-electron chi connectivity index (χ2n) is 4.45. The first-order valence-electron chi connectivity index (χ1n) is 6.18. The summed E-state index contributed by atoms with van der Waals surface area (Å²) in [5, 5.41) is 3.66. The van der Waals surface area contributed by atoms with Gasteiger partial charge >= 0.3 is 0 Å². The van der Waals surface area contributed by atoms with Gasteiger partial charge in [0.1, 0.15) is 0 Å². The maximum absolute atomic E-state index is 11.3. The Balaban J connectivity index is 2.26. The fraction of sp³-hybridized carbons (Fsp3) is 0.286. The SMILES string of the molecule is CNC(=O)CCN(C)c1ccnc2cc(N)ccc12. The van der Waals surface area contributed by atoms with Gasteiger partial charge in [0.15, 0.2) is 0 Å². The number of aromatic nitrogens is 1. The van der Waals surface area contributed by atoms with Crippen LogP contribution in [0.25, 0.3) is 10.9 Å². The van der Waals surface area contributed by atoms with E-state index in [0.717, 1.165) is 16.6 Å². The lowest BCUT2D eigenvalue weighted by Crippen LogP contribution is -2.26. The molecule has 0 spiro atoms. The van der Waals surface area contributed by atoms with Gasteiger partial charge < -0.3 is 16.0 Å². The van der Waals surface area contributed by atoms with Crippen LogP contribution in [0.3, 0.4) is 0 Å². The number of amides is 1. The van der Waals surface area contributed by atoms with Gasteiger partial charge in [0.25, 0.3) is 0 Å². The van der Waals surface area contributed by atoms with Crippen LogP contribution in [-0.2, 0) is 4.79 Å². The molecule has 0 atom stereocenters. The summed E-state index contributed by atoms with van der Waals surface area (Å²) in [6.07, 6.45) is 2.22. The molecule has 100 valence electrons. The number of anilines is 2. The molecule has 1 aromatic heterocycles. The molecule has 19 heavy (non-hydrogen) atoms. The van der Waals surface area contributed by atoms with Crippen molar-refractivity contribution in [2.75, 3.05) is 31.3 Å². The van der Waals surface area contributed by atoms with Crippen molar-refractivity contribution >= 4 is 28.2 Å². The van der Waals surface area contributed by atoms with E-state index >= 15 is 0 Å². The molecule has 0 unspecified atom stereocenters. The minimum atomic E-state index is 0.0365. The highest BCUT2D eigenvalue weighted by Gasteiger charge is 2.08. The number of rotatable bonds is 4. The third kappa shape index (κ3) is 2.93. The quantitative estimate of drug-likeness (QED) is 0.813. The topological polar surface area (TPSA) is 71.2 Å². The number of nitrogen functional groups attached to an aromatic ring is 1. The first-order chi connectivity index (χ1) is 9.11. The summed E-state index contributed by atoms with van der Waals surface area (Å²) in [7, 11) is 3.61. The minimum Gasteiger partial charge on any atom is -0.399 e. The summed E-state index contributed by atoms with van der Waals surface area (Å²) in [6, 6.07) is 7.62. The smallest absolute Gasteiger partial charge is 0.221 e. The van der Waals surface area contributed by atoms with Crippen molar-refractivity contribution in [3.8, 4) is 0 Å². The number of carbonyl (C=O) groups is 1. The summed E-state index contributed by atoms with van der Waals surface area (Å²) in [5.74, 6) is 0.0365. The molecule has 1 amide bonds. The molecule has 1 aromatic carbocycles. The van der Waals surface area contributed by atoms with E-state index in [0.29, 0.717) is 18.7 Å². The molecule has 5 heteroatoms. The first kappa shape index (κ1) is 13.1. The van der Waals surface area contributed by atoms with Crippen molar-refractivity contribution in [2.45, 2.75) is 6.42 Å². The number of hydrogen-bond donors (Lipinski definition) is 2. The predicted octanol–water partition coefficient (Wildman–Crippen LogP) is 1.39. The van der Waals surface area contributed by atoms with Crippen molar-refractivity contribution < 1.29 is 4.79 Å². The van der Waals surface area contributed by atoms with Crippen LogP contribution in [0.5, 0.6) is 0 Å². The monoisotopic (exact) mass is 258 g/mol. The van der Waals surface area contributed by atoms with Crippen molar-refractivity contribution in [2.24, 2.45) is 0 Å². The molecule has 1 heterocycles. The van der Waals surface area contributed by atoms with Gasteiger partial charge in [0.05, 0.1) is 5.52 Å². The summed E-state index contributed by atoms with van der Waals surface area (Å²) >= 11 is 0. The van der Waals surface area contributed by atoms with Crippen LogP contribution in [-0.4, -0.2) is 31.5 Å². The molecular formula is C14H18N4O. The van der Waals surface area contributed by atoms with Gasteiger partial charge in [0.2, 0.25) is 5.91 Å². The Hall–Kier alpha value is -2.30.